The smallest absolute Gasteiger partial charge is 0.326 e. The lowest BCUT2D eigenvalue weighted by atomic mass is 10.1. The molecule has 37 heavy (non-hydrogen) atoms. The second-order valence-corrected chi connectivity index (χ2v) is 8.69. The van der Waals surface area contributed by atoms with Crippen molar-refractivity contribution in [2.75, 3.05) is 41.4 Å². The number of hydrogen-bond acceptors (Lipinski definition) is 10. The van der Waals surface area contributed by atoms with Gasteiger partial charge in [-0.15, -0.1) is 0 Å². The van der Waals surface area contributed by atoms with Crippen LogP contribution >= 0.6 is 0 Å². The van der Waals surface area contributed by atoms with Crippen LogP contribution in [0.4, 0.5) is 23.1 Å². The quantitative estimate of drug-likeness (QED) is 0.150. The fourth-order valence-electron chi connectivity index (χ4n) is 3.70. The molecule has 13 nitrogen and oxygen atoms in total. The molecule has 0 fully saturated rings. The van der Waals surface area contributed by atoms with Crippen molar-refractivity contribution in [3.63, 3.8) is 0 Å². The Kier molecular flexibility index (Phi) is 9.69. The number of nitrogens with one attached hydrogen (secondary N) is 5. The number of carbonyl (C=O) groups excluding carboxylic acids is 2. The Balaban J connectivity index is 1.47. The number of carboxylic acid groups (broad SMARTS) is 1. The molecular weight excluding hydrogens is 482 g/mol. The largest absolute Gasteiger partial charge is 0.480 e. The number of aromatic amines is 1. The molecule has 200 valence electrons. The Bertz CT molecular complexity index is 1150. The fourth-order valence-corrected chi connectivity index (χ4v) is 3.70. The molecule has 1 amide bonds. The minimum Gasteiger partial charge on any atom is -0.480 e. The van der Waals surface area contributed by atoms with Gasteiger partial charge in [0.1, 0.15) is 11.7 Å². The number of nitrogens with zero attached hydrogens (tertiary/aromatic N) is 1. The summed E-state index contributed by atoms with van der Waals surface area (Å²) >= 11 is 0. The highest BCUT2D eigenvalue weighted by molar-refractivity contribution is 5.97. The molecule has 2 atom stereocenters. The molecule has 0 spiro atoms. The van der Waals surface area contributed by atoms with Crippen LogP contribution < -0.4 is 32.6 Å². The first kappa shape index (κ1) is 27.3. The van der Waals surface area contributed by atoms with Gasteiger partial charge in [-0.1, -0.05) is 19.8 Å². The van der Waals surface area contributed by atoms with Gasteiger partial charge in [-0.25, -0.2) is 4.79 Å². The van der Waals surface area contributed by atoms with Gasteiger partial charge in [0, 0.05) is 30.8 Å². The number of benzene rings is 1. The number of esters is 1. The van der Waals surface area contributed by atoms with Crippen molar-refractivity contribution < 1.29 is 24.2 Å². The van der Waals surface area contributed by atoms with Gasteiger partial charge >= 0.3 is 11.9 Å². The first-order chi connectivity index (χ1) is 17.8. The number of nitrogens with two attached hydrogens (primary N) is 1. The lowest BCUT2D eigenvalue weighted by molar-refractivity contribution is -0.144. The van der Waals surface area contributed by atoms with E-state index < -0.39 is 23.9 Å². The highest BCUT2D eigenvalue weighted by atomic mass is 16.5. The standard InChI is InChI=1S/C24H33N7O6/c1-2-3-4-11-37-18(32)10-9-17(23(35)36)29-21(33)14-5-7-15(8-6-14)26-12-16-13-27-20-19(28-16)22(34)31-24(25)30-20/h5-8,16-17,26,28H,2-4,9-13H2,1H3,(H,29,33)(H,35,36)(H4,25,27,30,31,34). The maximum atomic E-state index is 12.6. The normalized spacial score (nSPS) is 14.9. The zero-order valence-electron chi connectivity index (χ0n) is 20.6. The first-order valence-corrected chi connectivity index (χ1v) is 12.2. The number of carboxylic acids is 1. The van der Waals surface area contributed by atoms with Crippen molar-refractivity contribution >= 4 is 41.0 Å². The van der Waals surface area contributed by atoms with Gasteiger partial charge in [0.15, 0.2) is 5.82 Å². The van der Waals surface area contributed by atoms with E-state index in [4.69, 9.17) is 10.5 Å². The molecule has 1 aromatic carbocycles. The summed E-state index contributed by atoms with van der Waals surface area (Å²) in [7, 11) is 0. The monoisotopic (exact) mass is 515 g/mol. The third-order valence-corrected chi connectivity index (χ3v) is 5.75. The highest BCUT2D eigenvalue weighted by Crippen LogP contribution is 2.20. The van der Waals surface area contributed by atoms with Crippen LogP contribution in [-0.4, -0.2) is 64.7 Å². The summed E-state index contributed by atoms with van der Waals surface area (Å²) in [6.07, 6.45) is 2.55. The predicted molar refractivity (Wildman–Crippen MR) is 139 cm³/mol. The number of fused-ring (bicyclic) bond motifs is 1. The van der Waals surface area contributed by atoms with Gasteiger partial charge in [0.25, 0.3) is 11.5 Å². The van der Waals surface area contributed by atoms with Crippen LogP contribution in [0.1, 0.15) is 49.4 Å². The molecule has 2 aromatic rings. The second-order valence-electron chi connectivity index (χ2n) is 8.69. The third-order valence-electron chi connectivity index (χ3n) is 5.75. The average molecular weight is 516 g/mol. The lowest BCUT2D eigenvalue weighted by Gasteiger charge is -2.27. The molecular formula is C24H33N7O6. The van der Waals surface area contributed by atoms with Crippen LogP contribution in [0.15, 0.2) is 29.1 Å². The molecule has 0 radical (unpaired) electrons. The highest BCUT2D eigenvalue weighted by Gasteiger charge is 2.23. The predicted octanol–water partition coefficient (Wildman–Crippen LogP) is 1.37. The van der Waals surface area contributed by atoms with Gasteiger partial charge < -0.3 is 36.8 Å². The van der Waals surface area contributed by atoms with Gasteiger partial charge in [-0.05, 0) is 37.1 Å². The Labute approximate surface area is 213 Å². The number of aromatic nitrogens is 2. The first-order valence-electron chi connectivity index (χ1n) is 12.2. The van der Waals surface area contributed by atoms with Gasteiger partial charge in [-0.2, -0.15) is 4.98 Å². The molecule has 2 heterocycles. The van der Waals surface area contributed by atoms with E-state index in [1.54, 1.807) is 24.3 Å². The maximum Gasteiger partial charge on any atom is 0.326 e. The summed E-state index contributed by atoms with van der Waals surface area (Å²) in [5, 5.41) is 21.3. The van der Waals surface area contributed by atoms with Crippen molar-refractivity contribution in [1.29, 1.82) is 0 Å². The van der Waals surface area contributed by atoms with E-state index in [0.717, 1.165) is 24.9 Å². The zero-order valence-corrected chi connectivity index (χ0v) is 20.6. The molecule has 3 rings (SSSR count). The number of hydrogen-bond donors (Lipinski definition) is 7. The summed E-state index contributed by atoms with van der Waals surface area (Å²) in [6, 6.07) is 5.19. The van der Waals surface area contributed by atoms with E-state index in [1.165, 1.54) is 0 Å². The molecule has 0 aliphatic carbocycles. The van der Waals surface area contributed by atoms with Crippen LogP contribution in [0.5, 0.6) is 0 Å². The molecule has 8 N–H and O–H groups in total. The number of nitrogen functional groups attached to an aromatic ring is 1. The van der Waals surface area contributed by atoms with E-state index >= 15 is 0 Å². The summed E-state index contributed by atoms with van der Waals surface area (Å²) in [4.78, 5) is 54.5. The molecule has 13 heteroatoms. The van der Waals surface area contributed by atoms with E-state index in [1.807, 2.05) is 6.92 Å². The molecule has 0 bridgehead atoms. The van der Waals surface area contributed by atoms with Gasteiger partial charge in [-0.3, -0.25) is 19.4 Å². The molecule has 0 saturated heterocycles. The number of unbranched alkanes of at least 4 members (excludes halogenated alkanes) is 2. The van der Waals surface area contributed by atoms with Crippen LogP contribution in [0.25, 0.3) is 0 Å². The SMILES string of the molecule is CCCCCOC(=O)CCC(NC(=O)c1ccc(NCC2CNc3nc(N)[nH]c(=O)c3N2)cc1)C(=O)O. The molecule has 1 aliphatic rings. The molecule has 1 aliphatic heterocycles. The summed E-state index contributed by atoms with van der Waals surface area (Å²) in [6.45, 7) is 3.33. The van der Waals surface area contributed by atoms with E-state index in [-0.39, 0.29) is 36.0 Å². The Morgan fingerprint density at radius 2 is 2.00 bits per heavy atom. The van der Waals surface area contributed by atoms with Gasteiger partial charge in [0.2, 0.25) is 5.95 Å². The van der Waals surface area contributed by atoms with Crippen molar-refractivity contribution in [2.24, 2.45) is 0 Å². The number of aliphatic carboxylic acids is 1. The topological polar surface area (TPSA) is 201 Å². The minimum atomic E-state index is -1.22. The molecule has 0 saturated carbocycles. The average Bonchev–Trinajstić information content (AvgIpc) is 2.88. The van der Waals surface area contributed by atoms with Gasteiger partial charge in [0.05, 0.1) is 12.6 Å². The van der Waals surface area contributed by atoms with Crippen LogP contribution in [-0.2, 0) is 14.3 Å². The number of ether oxygens (including phenoxy) is 1. The third kappa shape index (κ3) is 8.12. The zero-order chi connectivity index (χ0) is 26.8. The lowest BCUT2D eigenvalue weighted by Crippen LogP contribution is -2.41. The number of anilines is 4. The summed E-state index contributed by atoms with van der Waals surface area (Å²) in [5.41, 5.74) is 6.52. The number of H-pyrrole nitrogens is 1. The molecule has 2 unspecified atom stereocenters. The van der Waals surface area contributed by atoms with Crippen LogP contribution in [0, 0.1) is 0 Å². The van der Waals surface area contributed by atoms with E-state index in [2.05, 4.69) is 31.2 Å². The number of rotatable bonds is 13. The Morgan fingerprint density at radius 1 is 1.24 bits per heavy atom. The number of amides is 1. The van der Waals surface area contributed by atoms with Crippen LogP contribution in [0.2, 0.25) is 0 Å². The number of carbonyl (C=O) groups is 3. The van der Waals surface area contributed by atoms with Crippen molar-refractivity contribution in [2.45, 2.75) is 51.1 Å². The molecule has 1 aromatic heterocycles. The van der Waals surface area contributed by atoms with Crippen LogP contribution in [0.3, 0.4) is 0 Å². The van der Waals surface area contributed by atoms with Crippen molar-refractivity contribution in [1.82, 2.24) is 15.3 Å². The Hall–Kier alpha value is -4.29. The van der Waals surface area contributed by atoms with Crippen molar-refractivity contribution in [3.05, 3.63) is 40.2 Å². The van der Waals surface area contributed by atoms with Crippen molar-refractivity contribution in [3.8, 4) is 0 Å². The Morgan fingerprint density at radius 3 is 2.70 bits per heavy atom. The fraction of sp³-hybridized carbons (Fsp3) is 0.458. The summed E-state index contributed by atoms with van der Waals surface area (Å²) < 4.78 is 5.09. The minimum absolute atomic E-state index is 0.0359. The van der Waals surface area contributed by atoms with E-state index in [9.17, 15) is 24.3 Å². The van der Waals surface area contributed by atoms with E-state index in [0.29, 0.717) is 31.2 Å². The maximum absolute atomic E-state index is 12.6. The summed E-state index contributed by atoms with van der Waals surface area (Å²) in [5.74, 6) is -1.83. The second kappa shape index (κ2) is 13.1.